The standard InChI is InChI=1S/C22H24O8/c1-12(23)28-20-16-10-11-17(26-4)21(27-5)19(16)30-18(22(20)29-13(2)24)14-6-8-15(25-3)9-7-14/h6-11,18,20,22H,1-5H3/t18-,20-,22-/m1/s1. The van der Waals surface area contributed by atoms with E-state index < -0.39 is 30.3 Å². The van der Waals surface area contributed by atoms with Crippen molar-refractivity contribution in [3.05, 3.63) is 47.5 Å². The van der Waals surface area contributed by atoms with Crippen molar-refractivity contribution in [3.8, 4) is 23.0 Å². The highest BCUT2D eigenvalue weighted by atomic mass is 16.6. The molecule has 2 aromatic carbocycles. The minimum atomic E-state index is -0.912. The lowest BCUT2D eigenvalue weighted by molar-refractivity contribution is -0.178. The van der Waals surface area contributed by atoms with E-state index in [9.17, 15) is 9.59 Å². The van der Waals surface area contributed by atoms with Crippen LogP contribution in [0.3, 0.4) is 0 Å². The molecule has 0 spiro atoms. The Kier molecular flexibility index (Phi) is 6.34. The number of benzene rings is 2. The fraction of sp³-hybridized carbons (Fsp3) is 0.364. The molecule has 160 valence electrons. The monoisotopic (exact) mass is 416 g/mol. The van der Waals surface area contributed by atoms with Crippen LogP contribution in [0.25, 0.3) is 0 Å². The van der Waals surface area contributed by atoms with Crippen molar-refractivity contribution in [3.63, 3.8) is 0 Å². The van der Waals surface area contributed by atoms with Gasteiger partial charge < -0.3 is 28.4 Å². The third-order valence-corrected chi connectivity index (χ3v) is 4.72. The highest BCUT2D eigenvalue weighted by Gasteiger charge is 2.45. The maximum Gasteiger partial charge on any atom is 0.303 e. The summed E-state index contributed by atoms with van der Waals surface area (Å²) in [6.45, 7) is 2.59. The first kappa shape index (κ1) is 21.3. The number of carbonyl (C=O) groups is 2. The number of ether oxygens (including phenoxy) is 6. The van der Waals surface area contributed by atoms with Crippen LogP contribution in [-0.4, -0.2) is 39.4 Å². The minimum absolute atomic E-state index is 0.354. The lowest BCUT2D eigenvalue weighted by Crippen LogP contribution is -2.39. The first-order chi connectivity index (χ1) is 14.4. The second-order valence-corrected chi connectivity index (χ2v) is 6.64. The van der Waals surface area contributed by atoms with Gasteiger partial charge in [-0.1, -0.05) is 12.1 Å². The zero-order chi connectivity index (χ0) is 21.8. The van der Waals surface area contributed by atoms with Gasteiger partial charge in [0.25, 0.3) is 0 Å². The second-order valence-electron chi connectivity index (χ2n) is 6.64. The first-order valence-corrected chi connectivity index (χ1v) is 9.29. The summed E-state index contributed by atoms with van der Waals surface area (Å²) in [6, 6.07) is 10.5. The van der Waals surface area contributed by atoms with Crippen LogP contribution in [0.1, 0.15) is 37.2 Å². The molecular formula is C22H24O8. The molecule has 3 atom stereocenters. The van der Waals surface area contributed by atoms with E-state index in [0.717, 1.165) is 0 Å². The number of carbonyl (C=O) groups excluding carboxylic acids is 2. The van der Waals surface area contributed by atoms with Crippen LogP contribution in [-0.2, 0) is 19.1 Å². The number of fused-ring (bicyclic) bond motifs is 1. The second kappa shape index (κ2) is 8.94. The molecule has 0 saturated heterocycles. The van der Waals surface area contributed by atoms with E-state index in [1.54, 1.807) is 43.5 Å². The number of methoxy groups -OCH3 is 3. The normalized spacial score (nSPS) is 19.7. The van der Waals surface area contributed by atoms with Crippen LogP contribution in [0.2, 0.25) is 0 Å². The summed E-state index contributed by atoms with van der Waals surface area (Å²) in [5, 5.41) is 0. The summed E-state index contributed by atoms with van der Waals surface area (Å²) in [5.41, 5.74) is 1.22. The van der Waals surface area contributed by atoms with Crippen molar-refractivity contribution >= 4 is 11.9 Å². The first-order valence-electron chi connectivity index (χ1n) is 9.29. The summed E-state index contributed by atoms with van der Waals surface area (Å²) in [7, 11) is 4.57. The molecule has 30 heavy (non-hydrogen) atoms. The lowest BCUT2D eigenvalue weighted by atomic mass is 9.91. The predicted octanol–water partition coefficient (Wildman–Crippen LogP) is 3.38. The van der Waals surface area contributed by atoms with E-state index in [1.807, 2.05) is 0 Å². The van der Waals surface area contributed by atoms with Crippen molar-refractivity contribution in [2.45, 2.75) is 32.2 Å². The van der Waals surface area contributed by atoms with E-state index in [2.05, 4.69) is 0 Å². The quantitative estimate of drug-likeness (QED) is 0.662. The molecule has 0 N–H and O–H groups in total. The van der Waals surface area contributed by atoms with Gasteiger partial charge in [-0.2, -0.15) is 0 Å². The molecule has 8 heteroatoms. The van der Waals surface area contributed by atoms with Crippen LogP contribution < -0.4 is 18.9 Å². The Morgan fingerprint density at radius 1 is 0.833 bits per heavy atom. The fourth-order valence-electron chi connectivity index (χ4n) is 3.47. The molecule has 8 nitrogen and oxygen atoms in total. The Labute approximate surface area is 174 Å². The molecular weight excluding hydrogens is 392 g/mol. The SMILES string of the molecule is COc1ccc([C@H]2Oc3c(ccc(OC)c3OC)[C@@H](OC(C)=O)[C@@H]2OC(C)=O)cc1. The molecule has 0 radical (unpaired) electrons. The van der Waals surface area contributed by atoms with E-state index in [4.69, 9.17) is 28.4 Å². The molecule has 0 amide bonds. The highest BCUT2D eigenvalue weighted by molar-refractivity contribution is 5.69. The predicted molar refractivity (Wildman–Crippen MR) is 106 cm³/mol. The Morgan fingerprint density at radius 3 is 2.03 bits per heavy atom. The molecule has 0 bridgehead atoms. The fourth-order valence-corrected chi connectivity index (χ4v) is 3.47. The minimum Gasteiger partial charge on any atom is -0.497 e. The number of hydrogen-bond acceptors (Lipinski definition) is 8. The van der Waals surface area contributed by atoms with Crippen LogP contribution >= 0.6 is 0 Å². The van der Waals surface area contributed by atoms with Crippen molar-refractivity contribution < 1.29 is 38.0 Å². The van der Waals surface area contributed by atoms with Crippen LogP contribution in [0, 0.1) is 0 Å². The average molecular weight is 416 g/mol. The molecule has 1 aliphatic rings. The van der Waals surface area contributed by atoms with Gasteiger partial charge >= 0.3 is 11.9 Å². The summed E-state index contributed by atoms with van der Waals surface area (Å²) in [4.78, 5) is 23.8. The van der Waals surface area contributed by atoms with Crippen molar-refractivity contribution in [1.82, 2.24) is 0 Å². The van der Waals surface area contributed by atoms with Gasteiger partial charge in [0.15, 0.2) is 29.8 Å². The van der Waals surface area contributed by atoms with E-state index >= 15 is 0 Å². The summed E-state index contributed by atoms with van der Waals surface area (Å²) in [5.74, 6) is 0.780. The Morgan fingerprint density at radius 2 is 1.50 bits per heavy atom. The van der Waals surface area contributed by atoms with E-state index in [1.165, 1.54) is 28.1 Å². The molecule has 1 heterocycles. The van der Waals surface area contributed by atoms with Crippen LogP contribution in [0.5, 0.6) is 23.0 Å². The van der Waals surface area contributed by atoms with Crippen molar-refractivity contribution in [2.24, 2.45) is 0 Å². The maximum atomic E-state index is 11.9. The molecule has 0 saturated carbocycles. The van der Waals surface area contributed by atoms with Crippen LogP contribution in [0.15, 0.2) is 36.4 Å². The number of hydrogen-bond donors (Lipinski definition) is 0. The van der Waals surface area contributed by atoms with Crippen molar-refractivity contribution in [1.29, 1.82) is 0 Å². The smallest absolute Gasteiger partial charge is 0.303 e. The average Bonchev–Trinajstić information content (AvgIpc) is 2.73. The molecule has 0 fully saturated rings. The van der Waals surface area contributed by atoms with Gasteiger partial charge in [-0.15, -0.1) is 0 Å². The van der Waals surface area contributed by atoms with Gasteiger partial charge in [0.05, 0.1) is 21.3 Å². The summed E-state index contributed by atoms with van der Waals surface area (Å²) < 4.78 is 33.5. The van der Waals surface area contributed by atoms with Gasteiger partial charge in [0.2, 0.25) is 5.75 Å². The summed E-state index contributed by atoms with van der Waals surface area (Å²) >= 11 is 0. The zero-order valence-electron chi connectivity index (χ0n) is 17.5. The zero-order valence-corrected chi connectivity index (χ0v) is 17.5. The van der Waals surface area contributed by atoms with Gasteiger partial charge in [-0.3, -0.25) is 9.59 Å². The molecule has 0 aliphatic carbocycles. The molecule has 2 aromatic rings. The topological polar surface area (TPSA) is 89.5 Å². The van der Waals surface area contributed by atoms with E-state index in [-0.39, 0.29) is 0 Å². The molecule has 3 rings (SSSR count). The molecule has 0 unspecified atom stereocenters. The third kappa shape index (κ3) is 4.12. The van der Waals surface area contributed by atoms with Gasteiger partial charge in [0.1, 0.15) is 5.75 Å². The third-order valence-electron chi connectivity index (χ3n) is 4.72. The van der Waals surface area contributed by atoms with Gasteiger partial charge in [-0.05, 0) is 29.8 Å². The molecule has 0 aromatic heterocycles. The van der Waals surface area contributed by atoms with E-state index in [0.29, 0.717) is 34.1 Å². The molecule has 1 aliphatic heterocycles. The Balaban J connectivity index is 2.18. The highest BCUT2D eigenvalue weighted by Crippen LogP contribution is 2.51. The van der Waals surface area contributed by atoms with Gasteiger partial charge in [0, 0.05) is 19.4 Å². The summed E-state index contributed by atoms with van der Waals surface area (Å²) in [6.07, 6.45) is -2.58. The Hall–Kier alpha value is -3.42. The van der Waals surface area contributed by atoms with Gasteiger partial charge in [-0.25, -0.2) is 0 Å². The largest absolute Gasteiger partial charge is 0.497 e. The van der Waals surface area contributed by atoms with Crippen molar-refractivity contribution in [2.75, 3.05) is 21.3 Å². The lowest BCUT2D eigenvalue weighted by Gasteiger charge is -2.39. The Bertz CT molecular complexity index is 921. The maximum absolute atomic E-state index is 11.9. The van der Waals surface area contributed by atoms with Crippen LogP contribution in [0.4, 0.5) is 0 Å². The number of rotatable bonds is 6. The number of esters is 2.